The molecule has 1 unspecified atom stereocenters. The predicted molar refractivity (Wildman–Crippen MR) is 84.0 cm³/mol. The summed E-state index contributed by atoms with van der Waals surface area (Å²) in [6.07, 6.45) is 1.06. The lowest BCUT2D eigenvalue weighted by atomic mass is 10.0. The Kier molecular flexibility index (Phi) is 4.15. The summed E-state index contributed by atoms with van der Waals surface area (Å²) in [5.74, 6) is 1.99. The number of aliphatic hydroxyl groups is 1. The van der Waals surface area contributed by atoms with E-state index in [4.69, 9.17) is 0 Å². The van der Waals surface area contributed by atoms with Gasteiger partial charge in [0, 0.05) is 21.9 Å². The summed E-state index contributed by atoms with van der Waals surface area (Å²) in [5.41, 5.74) is 3.29. The molecule has 2 aromatic rings. The first-order valence-electron chi connectivity index (χ1n) is 6.76. The Bertz CT molecular complexity index is 597. The highest BCUT2D eigenvalue weighted by Crippen LogP contribution is 2.35. The topological polar surface area (TPSA) is 20.2 Å². The molecular formula is C16H17FOS2. The van der Waals surface area contributed by atoms with E-state index in [9.17, 15) is 9.50 Å². The van der Waals surface area contributed by atoms with Crippen LogP contribution in [-0.2, 0) is 18.6 Å². The fourth-order valence-corrected chi connectivity index (χ4v) is 4.87. The third kappa shape index (κ3) is 2.92. The summed E-state index contributed by atoms with van der Waals surface area (Å²) in [7, 11) is 0. The quantitative estimate of drug-likeness (QED) is 0.914. The molecule has 0 bridgehead atoms. The molecule has 1 aliphatic heterocycles. The Labute approximate surface area is 126 Å². The molecule has 3 rings (SSSR count). The number of hydrogen-bond acceptors (Lipinski definition) is 3. The minimum absolute atomic E-state index is 0.236. The van der Waals surface area contributed by atoms with Gasteiger partial charge in [0.1, 0.15) is 5.82 Å². The molecule has 0 spiro atoms. The molecule has 1 atom stereocenters. The van der Waals surface area contributed by atoms with Gasteiger partial charge in [-0.15, -0.1) is 11.3 Å². The molecule has 0 saturated carbocycles. The van der Waals surface area contributed by atoms with Gasteiger partial charge in [0.05, 0.1) is 6.10 Å². The molecule has 4 heteroatoms. The Hall–Kier alpha value is -0.840. The summed E-state index contributed by atoms with van der Waals surface area (Å²) in [5, 5.41) is 10.4. The molecule has 106 valence electrons. The van der Waals surface area contributed by atoms with Gasteiger partial charge in [-0.25, -0.2) is 4.39 Å². The molecular weight excluding hydrogens is 291 g/mol. The Morgan fingerprint density at radius 1 is 1.35 bits per heavy atom. The molecule has 0 radical (unpaired) electrons. The van der Waals surface area contributed by atoms with E-state index in [1.165, 1.54) is 28.3 Å². The molecule has 1 aromatic heterocycles. The summed E-state index contributed by atoms with van der Waals surface area (Å²) >= 11 is 3.66. The monoisotopic (exact) mass is 308 g/mol. The van der Waals surface area contributed by atoms with E-state index in [0.717, 1.165) is 28.2 Å². The Balaban J connectivity index is 1.80. The molecule has 1 aliphatic rings. The maximum Gasteiger partial charge on any atom is 0.123 e. The number of halogens is 1. The van der Waals surface area contributed by atoms with Crippen LogP contribution in [0.5, 0.6) is 0 Å². The van der Waals surface area contributed by atoms with Gasteiger partial charge in [-0.1, -0.05) is 6.07 Å². The van der Waals surface area contributed by atoms with E-state index >= 15 is 0 Å². The maximum absolute atomic E-state index is 13.3. The zero-order chi connectivity index (χ0) is 14.1. The van der Waals surface area contributed by atoms with E-state index in [1.54, 1.807) is 17.4 Å². The first-order valence-corrected chi connectivity index (χ1v) is 8.73. The maximum atomic E-state index is 13.3. The number of benzene rings is 1. The van der Waals surface area contributed by atoms with Crippen molar-refractivity contribution >= 4 is 23.1 Å². The number of aryl methyl sites for hydroxylation is 2. The van der Waals surface area contributed by atoms with Gasteiger partial charge in [-0.2, -0.15) is 11.8 Å². The highest BCUT2D eigenvalue weighted by Gasteiger charge is 2.18. The van der Waals surface area contributed by atoms with Crippen molar-refractivity contribution in [3.05, 3.63) is 56.5 Å². The van der Waals surface area contributed by atoms with Crippen LogP contribution in [0.1, 0.15) is 32.5 Å². The highest BCUT2D eigenvalue weighted by atomic mass is 32.2. The number of thioether (sulfide) groups is 1. The van der Waals surface area contributed by atoms with Crippen LogP contribution < -0.4 is 0 Å². The number of hydrogen-bond donors (Lipinski definition) is 1. The van der Waals surface area contributed by atoms with Crippen molar-refractivity contribution in [3.8, 4) is 0 Å². The fraction of sp³-hybridized carbons (Fsp3) is 0.375. The number of rotatable bonds is 3. The van der Waals surface area contributed by atoms with Gasteiger partial charge in [0.15, 0.2) is 0 Å². The van der Waals surface area contributed by atoms with Crippen molar-refractivity contribution < 1.29 is 9.50 Å². The third-order valence-electron chi connectivity index (χ3n) is 3.70. The average Bonchev–Trinajstić information content (AvgIpc) is 2.87. The van der Waals surface area contributed by atoms with Crippen LogP contribution in [0, 0.1) is 12.7 Å². The van der Waals surface area contributed by atoms with Crippen LogP contribution in [0.15, 0.2) is 24.3 Å². The summed E-state index contributed by atoms with van der Waals surface area (Å²) in [6, 6.07) is 6.90. The molecule has 2 heterocycles. The van der Waals surface area contributed by atoms with Crippen LogP contribution in [0.2, 0.25) is 0 Å². The van der Waals surface area contributed by atoms with Crippen LogP contribution in [0.25, 0.3) is 0 Å². The average molecular weight is 308 g/mol. The van der Waals surface area contributed by atoms with E-state index in [1.807, 2.05) is 18.7 Å². The van der Waals surface area contributed by atoms with Crippen LogP contribution in [0.4, 0.5) is 4.39 Å². The van der Waals surface area contributed by atoms with Crippen LogP contribution in [-0.4, -0.2) is 10.9 Å². The Morgan fingerprint density at radius 3 is 3.00 bits per heavy atom. The number of aliphatic hydroxyl groups excluding tert-OH is 1. The third-order valence-corrected chi connectivity index (χ3v) is 6.05. The van der Waals surface area contributed by atoms with Crippen molar-refractivity contribution in [2.24, 2.45) is 0 Å². The number of fused-ring (bicyclic) bond motifs is 1. The van der Waals surface area contributed by atoms with Gasteiger partial charge in [-0.05, 0) is 54.0 Å². The van der Waals surface area contributed by atoms with Crippen molar-refractivity contribution in [3.63, 3.8) is 0 Å². The van der Waals surface area contributed by atoms with Crippen molar-refractivity contribution in [1.82, 2.24) is 0 Å². The van der Waals surface area contributed by atoms with E-state index in [0.29, 0.717) is 6.42 Å². The highest BCUT2D eigenvalue weighted by molar-refractivity contribution is 7.98. The van der Waals surface area contributed by atoms with Crippen molar-refractivity contribution in [2.75, 3.05) is 5.75 Å². The SMILES string of the molecule is Cc1ccc(F)cc1CC(O)c1cc2c(s1)CCSC2. The van der Waals surface area contributed by atoms with Crippen molar-refractivity contribution in [1.29, 1.82) is 0 Å². The zero-order valence-corrected chi connectivity index (χ0v) is 13.0. The van der Waals surface area contributed by atoms with Crippen LogP contribution in [0.3, 0.4) is 0 Å². The summed E-state index contributed by atoms with van der Waals surface area (Å²) < 4.78 is 13.3. The minimum Gasteiger partial charge on any atom is -0.387 e. The minimum atomic E-state index is -0.531. The first kappa shape index (κ1) is 14.1. The molecule has 0 fully saturated rings. The largest absolute Gasteiger partial charge is 0.387 e. The molecule has 0 saturated heterocycles. The van der Waals surface area contributed by atoms with Gasteiger partial charge < -0.3 is 5.11 Å². The lowest BCUT2D eigenvalue weighted by Gasteiger charge is -2.11. The van der Waals surface area contributed by atoms with Gasteiger partial charge in [-0.3, -0.25) is 0 Å². The van der Waals surface area contributed by atoms with E-state index in [-0.39, 0.29) is 5.82 Å². The molecule has 0 aliphatic carbocycles. The Morgan fingerprint density at radius 2 is 2.20 bits per heavy atom. The van der Waals surface area contributed by atoms with E-state index in [2.05, 4.69) is 6.07 Å². The van der Waals surface area contributed by atoms with Gasteiger partial charge >= 0.3 is 0 Å². The lowest BCUT2D eigenvalue weighted by molar-refractivity contribution is 0.182. The normalized spacial score (nSPS) is 15.9. The molecule has 0 amide bonds. The van der Waals surface area contributed by atoms with E-state index < -0.39 is 6.10 Å². The van der Waals surface area contributed by atoms with Crippen LogP contribution >= 0.6 is 23.1 Å². The number of thiophene rings is 1. The van der Waals surface area contributed by atoms with Crippen molar-refractivity contribution in [2.45, 2.75) is 31.6 Å². The first-order chi connectivity index (χ1) is 9.63. The predicted octanol–water partition coefficient (Wildman–Crippen LogP) is 4.26. The summed E-state index contributed by atoms with van der Waals surface area (Å²) in [4.78, 5) is 2.43. The second-order valence-electron chi connectivity index (χ2n) is 5.19. The van der Waals surface area contributed by atoms with Gasteiger partial charge in [0.2, 0.25) is 0 Å². The molecule has 1 N–H and O–H groups in total. The zero-order valence-electron chi connectivity index (χ0n) is 11.4. The summed E-state index contributed by atoms with van der Waals surface area (Å²) in [6.45, 7) is 1.96. The molecule has 20 heavy (non-hydrogen) atoms. The fourth-order valence-electron chi connectivity index (χ4n) is 2.50. The second kappa shape index (κ2) is 5.88. The molecule has 1 nitrogen and oxygen atoms in total. The second-order valence-corrected chi connectivity index (χ2v) is 7.46. The van der Waals surface area contributed by atoms with Gasteiger partial charge in [0.25, 0.3) is 0 Å². The smallest absolute Gasteiger partial charge is 0.123 e. The molecule has 1 aromatic carbocycles. The lowest BCUT2D eigenvalue weighted by Crippen LogP contribution is -2.02. The standard InChI is InChI=1S/C16H17FOS2/c1-10-2-3-13(17)6-11(10)7-14(18)16-8-12-9-19-5-4-15(12)20-16/h2-3,6,8,14,18H,4-5,7,9H2,1H3.